The standard InChI is InChI=1S/C16H13N3O2S/c1-21-12-6-4-5-11(9-12)10-17-19-15(20)13-7-2-3-8-14(13)18-16(19)22/h2-10H,1H3,(H,18,22)/b17-10+. The third kappa shape index (κ3) is 2.68. The van der Waals surface area contributed by atoms with E-state index < -0.39 is 0 Å². The first-order chi connectivity index (χ1) is 10.7. The highest BCUT2D eigenvalue weighted by atomic mass is 32.1. The molecule has 3 aromatic rings. The lowest BCUT2D eigenvalue weighted by Crippen LogP contribution is -2.18. The van der Waals surface area contributed by atoms with Crippen LogP contribution in [0.5, 0.6) is 5.75 Å². The highest BCUT2D eigenvalue weighted by Gasteiger charge is 2.03. The molecule has 0 aliphatic heterocycles. The molecule has 0 bridgehead atoms. The van der Waals surface area contributed by atoms with Gasteiger partial charge < -0.3 is 9.72 Å². The molecular weight excluding hydrogens is 298 g/mol. The summed E-state index contributed by atoms with van der Waals surface area (Å²) in [5.74, 6) is 0.722. The van der Waals surface area contributed by atoms with Gasteiger partial charge in [0.05, 0.1) is 24.2 Å². The largest absolute Gasteiger partial charge is 0.497 e. The first-order valence-corrected chi connectivity index (χ1v) is 7.02. The first-order valence-electron chi connectivity index (χ1n) is 6.61. The van der Waals surface area contributed by atoms with E-state index in [1.807, 2.05) is 36.4 Å². The quantitative estimate of drug-likeness (QED) is 0.597. The van der Waals surface area contributed by atoms with Crippen LogP contribution in [0.25, 0.3) is 10.9 Å². The maximum atomic E-state index is 12.4. The van der Waals surface area contributed by atoms with Gasteiger partial charge in [0.1, 0.15) is 5.75 Å². The second-order valence-corrected chi connectivity index (χ2v) is 5.00. The summed E-state index contributed by atoms with van der Waals surface area (Å²) in [4.78, 5) is 15.4. The second-order valence-electron chi connectivity index (χ2n) is 4.61. The molecule has 1 N–H and O–H groups in total. The number of aromatic nitrogens is 2. The average molecular weight is 311 g/mol. The van der Waals surface area contributed by atoms with E-state index in [2.05, 4.69) is 10.1 Å². The van der Waals surface area contributed by atoms with Gasteiger partial charge >= 0.3 is 0 Å². The first kappa shape index (κ1) is 14.2. The van der Waals surface area contributed by atoms with Crippen LogP contribution in [0.15, 0.2) is 58.4 Å². The summed E-state index contributed by atoms with van der Waals surface area (Å²) in [6.07, 6.45) is 1.57. The summed E-state index contributed by atoms with van der Waals surface area (Å²) in [5, 5.41) is 4.73. The lowest BCUT2D eigenvalue weighted by atomic mass is 10.2. The van der Waals surface area contributed by atoms with E-state index in [-0.39, 0.29) is 10.3 Å². The lowest BCUT2D eigenvalue weighted by molar-refractivity contribution is 0.414. The number of para-hydroxylation sites is 1. The van der Waals surface area contributed by atoms with Crippen molar-refractivity contribution in [2.45, 2.75) is 0 Å². The van der Waals surface area contributed by atoms with Crippen LogP contribution in [0.1, 0.15) is 5.56 Å². The Bertz CT molecular complexity index is 973. The summed E-state index contributed by atoms with van der Waals surface area (Å²) in [5.41, 5.74) is 1.26. The van der Waals surface area contributed by atoms with E-state index in [0.29, 0.717) is 10.9 Å². The van der Waals surface area contributed by atoms with E-state index in [9.17, 15) is 4.79 Å². The van der Waals surface area contributed by atoms with Gasteiger partial charge in [-0.3, -0.25) is 4.79 Å². The number of hydrogen-bond donors (Lipinski definition) is 1. The molecular formula is C16H13N3O2S. The molecule has 3 rings (SSSR count). The number of methoxy groups -OCH3 is 1. The van der Waals surface area contributed by atoms with E-state index in [4.69, 9.17) is 17.0 Å². The van der Waals surface area contributed by atoms with E-state index in [1.165, 1.54) is 4.68 Å². The molecule has 0 aliphatic rings. The Morgan fingerprint density at radius 3 is 2.86 bits per heavy atom. The molecule has 1 heterocycles. The third-order valence-electron chi connectivity index (χ3n) is 3.20. The highest BCUT2D eigenvalue weighted by molar-refractivity contribution is 7.71. The van der Waals surface area contributed by atoms with Crippen molar-refractivity contribution in [3.63, 3.8) is 0 Å². The number of fused-ring (bicyclic) bond motifs is 1. The fraction of sp³-hybridized carbons (Fsp3) is 0.0625. The number of rotatable bonds is 3. The Morgan fingerprint density at radius 1 is 1.23 bits per heavy atom. The van der Waals surface area contributed by atoms with E-state index in [1.54, 1.807) is 25.5 Å². The molecule has 22 heavy (non-hydrogen) atoms. The molecule has 0 radical (unpaired) electrons. The van der Waals surface area contributed by atoms with Gasteiger partial charge in [0.2, 0.25) is 4.77 Å². The molecule has 2 aromatic carbocycles. The van der Waals surface area contributed by atoms with Crippen molar-refractivity contribution in [1.82, 2.24) is 9.66 Å². The molecule has 0 unspecified atom stereocenters. The van der Waals surface area contributed by atoms with E-state index >= 15 is 0 Å². The van der Waals surface area contributed by atoms with Crippen molar-refractivity contribution in [3.8, 4) is 5.75 Å². The van der Waals surface area contributed by atoms with Crippen LogP contribution in [-0.2, 0) is 0 Å². The van der Waals surface area contributed by atoms with Crippen LogP contribution in [0, 0.1) is 4.77 Å². The van der Waals surface area contributed by atoms with Crippen molar-refractivity contribution in [3.05, 3.63) is 69.2 Å². The fourth-order valence-corrected chi connectivity index (χ4v) is 2.34. The topological polar surface area (TPSA) is 59.4 Å². The maximum Gasteiger partial charge on any atom is 0.282 e. The predicted molar refractivity (Wildman–Crippen MR) is 89.4 cm³/mol. The summed E-state index contributed by atoms with van der Waals surface area (Å²) in [7, 11) is 1.60. The van der Waals surface area contributed by atoms with Crippen molar-refractivity contribution >= 4 is 29.3 Å². The normalized spacial score (nSPS) is 11.1. The monoisotopic (exact) mass is 311 g/mol. The molecule has 0 fully saturated rings. The molecule has 0 atom stereocenters. The number of hydrogen-bond acceptors (Lipinski definition) is 4. The van der Waals surface area contributed by atoms with Crippen molar-refractivity contribution in [1.29, 1.82) is 0 Å². The molecule has 5 nitrogen and oxygen atoms in total. The zero-order valence-electron chi connectivity index (χ0n) is 11.8. The highest BCUT2D eigenvalue weighted by Crippen LogP contribution is 2.11. The number of nitrogens with one attached hydrogen (secondary N) is 1. The minimum atomic E-state index is -0.251. The molecule has 0 amide bonds. The number of nitrogens with zero attached hydrogens (tertiary/aromatic N) is 2. The average Bonchev–Trinajstić information content (AvgIpc) is 2.55. The Kier molecular flexibility index (Phi) is 3.84. The zero-order valence-corrected chi connectivity index (χ0v) is 12.6. The molecule has 0 saturated heterocycles. The molecule has 0 spiro atoms. The number of benzene rings is 2. The Hall–Kier alpha value is -2.73. The number of ether oxygens (including phenoxy) is 1. The fourth-order valence-electron chi connectivity index (χ4n) is 2.10. The SMILES string of the molecule is COc1cccc(/C=N/n2c(=S)[nH]c3ccccc3c2=O)c1. The van der Waals surface area contributed by atoms with E-state index in [0.717, 1.165) is 11.3 Å². The van der Waals surface area contributed by atoms with Crippen molar-refractivity contribution in [2.75, 3.05) is 7.11 Å². The lowest BCUT2D eigenvalue weighted by Gasteiger charge is -2.03. The van der Waals surface area contributed by atoms with Crippen LogP contribution in [0.3, 0.4) is 0 Å². The van der Waals surface area contributed by atoms with Crippen molar-refractivity contribution < 1.29 is 4.74 Å². The van der Waals surface area contributed by atoms with Gasteiger partial charge in [-0.25, -0.2) is 0 Å². The molecule has 0 saturated carbocycles. The van der Waals surface area contributed by atoms with Gasteiger partial charge in [-0.1, -0.05) is 24.3 Å². The molecule has 1 aromatic heterocycles. The van der Waals surface area contributed by atoms with Gasteiger partial charge in [0, 0.05) is 0 Å². The number of aromatic amines is 1. The number of H-pyrrole nitrogens is 1. The van der Waals surface area contributed by atoms with Gasteiger partial charge in [-0.15, -0.1) is 0 Å². The summed E-state index contributed by atoms with van der Waals surface area (Å²) >= 11 is 5.20. The van der Waals surface area contributed by atoms with Crippen molar-refractivity contribution in [2.24, 2.45) is 5.10 Å². The van der Waals surface area contributed by atoms with Crippen LogP contribution in [-0.4, -0.2) is 23.0 Å². The Morgan fingerprint density at radius 2 is 2.05 bits per heavy atom. The second kappa shape index (κ2) is 5.95. The molecule has 110 valence electrons. The van der Waals surface area contributed by atoms with Crippen LogP contribution < -0.4 is 10.3 Å². The molecule has 6 heteroatoms. The van der Waals surface area contributed by atoms with Gasteiger partial charge in [-0.05, 0) is 42.0 Å². The maximum absolute atomic E-state index is 12.4. The minimum Gasteiger partial charge on any atom is -0.497 e. The van der Waals surface area contributed by atoms with Crippen LogP contribution in [0.4, 0.5) is 0 Å². The van der Waals surface area contributed by atoms with Gasteiger partial charge in [0.25, 0.3) is 5.56 Å². The van der Waals surface area contributed by atoms with Gasteiger partial charge in [0.15, 0.2) is 0 Å². The zero-order chi connectivity index (χ0) is 15.5. The molecule has 0 aliphatic carbocycles. The van der Waals surface area contributed by atoms with Crippen LogP contribution >= 0.6 is 12.2 Å². The third-order valence-corrected chi connectivity index (χ3v) is 3.47. The Labute approximate surface area is 131 Å². The predicted octanol–water partition coefficient (Wildman–Crippen LogP) is 2.95. The summed E-state index contributed by atoms with van der Waals surface area (Å²) < 4.78 is 6.59. The summed E-state index contributed by atoms with van der Waals surface area (Å²) in [6, 6.07) is 14.6. The Balaban J connectivity index is 2.09. The summed E-state index contributed by atoms with van der Waals surface area (Å²) in [6.45, 7) is 0. The smallest absolute Gasteiger partial charge is 0.282 e. The minimum absolute atomic E-state index is 0.251. The van der Waals surface area contributed by atoms with Gasteiger partial charge in [-0.2, -0.15) is 9.78 Å². The van der Waals surface area contributed by atoms with Crippen LogP contribution in [0.2, 0.25) is 0 Å².